The molecule has 3 rings (SSSR count). The average Bonchev–Trinajstić information content (AvgIpc) is 2.98. The number of ether oxygens (including phenoxy) is 1. The average molecular weight is 571 g/mol. The molecule has 0 saturated carbocycles. The van der Waals surface area contributed by atoms with Crippen molar-refractivity contribution >= 4 is 40.5 Å². The first kappa shape index (κ1) is 24.0. The lowest BCUT2D eigenvalue weighted by molar-refractivity contribution is 0.0866. The van der Waals surface area contributed by atoms with E-state index in [4.69, 9.17) is 9.72 Å². The fourth-order valence-corrected chi connectivity index (χ4v) is 4.79. The Labute approximate surface area is 198 Å². The van der Waals surface area contributed by atoms with Crippen LogP contribution in [0.15, 0.2) is 41.7 Å². The number of pyridine rings is 2. The van der Waals surface area contributed by atoms with Crippen molar-refractivity contribution in [2.75, 3.05) is 12.9 Å². The van der Waals surface area contributed by atoms with Crippen LogP contribution < -0.4 is 0 Å². The van der Waals surface area contributed by atoms with Gasteiger partial charge in [-0.3, -0.25) is 14.5 Å². The molecule has 0 amide bonds. The smallest absolute Gasteiger partial charge is 0.177 e. The molecule has 0 radical (unpaired) electrons. The second-order valence-electron chi connectivity index (χ2n) is 8.66. The maximum absolute atomic E-state index is 12.2. The van der Waals surface area contributed by atoms with Gasteiger partial charge in [-0.1, -0.05) is 19.6 Å². The lowest BCUT2D eigenvalue weighted by Crippen LogP contribution is -2.22. The molecule has 0 aliphatic heterocycles. The van der Waals surface area contributed by atoms with E-state index in [1.807, 2.05) is 23.6 Å². The van der Waals surface area contributed by atoms with E-state index in [2.05, 4.69) is 52.2 Å². The quantitative estimate of drug-likeness (QED) is 0.223. The van der Waals surface area contributed by atoms with Crippen molar-refractivity contribution in [3.8, 4) is 22.6 Å². The SMILES string of the molecule is Cc1nc(-c2ncc(S(C)(=O)=O)cc2-c2ccncc2)n(COCC[Si](C)(C)C)c1I. The zero-order valence-electron chi connectivity index (χ0n) is 18.4. The van der Waals surface area contributed by atoms with E-state index in [1.54, 1.807) is 18.5 Å². The fourth-order valence-electron chi connectivity index (χ4n) is 2.96. The Morgan fingerprint density at radius 2 is 1.87 bits per heavy atom. The van der Waals surface area contributed by atoms with Crippen molar-refractivity contribution < 1.29 is 13.2 Å². The van der Waals surface area contributed by atoms with Crippen LogP contribution in [-0.2, 0) is 21.3 Å². The van der Waals surface area contributed by atoms with Gasteiger partial charge in [-0.15, -0.1) is 0 Å². The summed E-state index contributed by atoms with van der Waals surface area (Å²) in [6.45, 7) is 9.97. The molecule has 0 saturated heterocycles. The minimum atomic E-state index is -3.40. The number of rotatable bonds is 8. The van der Waals surface area contributed by atoms with Gasteiger partial charge in [0, 0.05) is 45.1 Å². The maximum atomic E-state index is 12.2. The highest BCUT2D eigenvalue weighted by atomic mass is 127. The first-order chi connectivity index (χ1) is 14.5. The van der Waals surface area contributed by atoms with E-state index >= 15 is 0 Å². The van der Waals surface area contributed by atoms with Gasteiger partial charge in [-0.05, 0) is 59.3 Å². The number of nitrogens with zero attached hydrogens (tertiary/aromatic N) is 4. The van der Waals surface area contributed by atoms with Crippen molar-refractivity contribution in [1.29, 1.82) is 0 Å². The van der Waals surface area contributed by atoms with Gasteiger partial charge in [0.2, 0.25) is 0 Å². The molecule has 0 bridgehead atoms. The van der Waals surface area contributed by atoms with Crippen LogP contribution in [0.3, 0.4) is 0 Å². The van der Waals surface area contributed by atoms with E-state index in [9.17, 15) is 8.42 Å². The molecule has 0 N–H and O–H groups in total. The summed E-state index contributed by atoms with van der Waals surface area (Å²) < 4.78 is 33.3. The van der Waals surface area contributed by atoms with Crippen molar-refractivity contribution in [3.63, 3.8) is 0 Å². The zero-order valence-corrected chi connectivity index (χ0v) is 22.4. The van der Waals surface area contributed by atoms with Crippen LogP contribution in [0, 0.1) is 10.6 Å². The van der Waals surface area contributed by atoms with E-state index in [-0.39, 0.29) is 4.90 Å². The minimum Gasteiger partial charge on any atom is -0.361 e. The summed E-state index contributed by atoms with van der Waals surface area (Å²) in [6, 6.07) is 6.40. The number of hydrogen-bond acceptors (Lipinski definition) is 6. The number of aromatic nitrogens is 4. The van der Waals surface area contributed by atoms with Gasteiger partial charge < -0.3 is 4.74 Å². The van der Waals surface area contributed by atoms with Crippen LogP contribution in [-0.4, -0.2) is 48.9 Å². The van der Waals surface area contributed by atoms with E-state index < -0.39 is 17.9 Å². The van der Waals surface area contributed by atoms with Gasteiger partial charge in [0.15, 0.2) is 15.7 Å². The molecule has 0 fully saturated rings. The molecule has 10 heteroatoms. The summed E-state index contributed by atoms with van der Waals surface area (Å²) in [4.78, 5) is 13.5. The third-order valence-electron chi connectivity index (χ3n) is 4.78. The highest BCUT2D eigenvalue weighted by Crippen LogP contribution is 2.33. The Hall–Kier alpha value is -1.63. The van der Waals surface area contributed by atoms with Crippen molar-refractivity contribution in [3.05, 3.63) is 46.2 Å². The summed E-state index contributed by atoms with van der Waals surface area (Å²) >= 11 is 2.26. The summed E-state index contributed by atoms with van der Waals surface area (Å²) in [6.07, 6.45) is 5.92. The molecule has 166 valence electrons. The molecule has 3 aromatic rings. The molecule has 0 unspecified atom stereocenters. The Balaban J connectivity index is 2.07. The van der Waals surface area contributed by atoms with Gasteiger partial charge in [-0.2, -0.15) is 0 Å². The van der Waals surface area contributed by atoms with Crippen LogP contribution in [0.2, 0.25) is 25.7 Å². The second kappa shape index (κ2) is 9.47. The molecule has 3 aromatic heterocycles. The molecular formula is C21H27IN4O3SSi. The van der Waals surface area contributed by atoms with Crippen LogP contribution >= 0.6 is 22.6 Å². The van der Waals surface area contributed by atoms with Crippen LogP contribution in [0.1, 0.15) is 5.69 Å². The third-order valence-corrected chi connectivity index (χ3v) is 8.92. The first-order valence-electron chi connectivity index (χ1n) is 9.88. The summed E-state index contributed by atoms with van der Waals surface area (Å²) in [5.74, 6) is 0.654. The standard InChI is InChI=1S/C21H27IN4O3SSi/c1-15-20(22)26(14-29-10-11-31(3,4)5)21(25-15)19-18(16-6-8-23-9-7-16)12-17(13-24-19)30(2,27)28/h6-9,12-13H,10-11,14H2,1-5H3. The lowest BCUT2D eigenvalue weighted by atomic mass is 10.1. The molecule has 0 aliphatic rings. The van der Waals surface area contributed by atoms with Crippen LogP contribution in [0.5, 0.6) is 0 Å². The molecular weight excluding hydrogens is 543 g/mol. The van der Waals surface area contributed by atoms with Crippen molar-refractivity contribution in [2.45, 2.75) is 44.2 Å². The highest BCUT2D eigenvalue weighted by Gasteiger charge is 2.21. The molecule has 31 heavy (non-hydrogen) atoms. The fraction of sp³-hybridized carbons (Fsp3) is 0.381. The van der Waals surface area contributed by atoms with E-state index in [1.165, 1.54) is 12.5 Å². The predicted octanol–water partition coefficient (Wildman–Crippen LogP) is 4.64. The first-order valence-corrected chi connectivity index (χ1v) is 16.6. The van der Waals surface area contributed by atoms with Crippen molar-refractivity contribution in [2.24, 2.45) is 0 Å². The summed E-state index contributed by atoms with van der Waals surface area (Å²) in [5, 5.41) is 0. The largest absolute Gasteiger partial charge is 0.361 e. The van der Waals surface area contributed by atoms with E-state index in [0.29, 0.717) is 30.4 Å². The van der Waals surface area contributed by atoms with Gasteiger partial charge >= 0.3 is 0 Å². The Kier molecular flexibility index (Phi) is 7.34. The Bertz CT molecular complexity index is 1180. The van der Waals surface area contributed by atoms with Crippen molar-refractivity contribution in [1.82, 2.24) is 19.5 Å². The zero-order chi connectivity index (χ0) is 22.8. The topological polar surface area (TPSA) is 87.0 Å². The third kappa shape index (κ3) is 5.99. The van der Waals surface area contributed by atoms with Crippen LogP contribution in [0.4, 0.5) is 0 Å². The summed E-state index contributed by atoms with van der Waals surface area (Å²) in [5.41, 5.74) is 3.00. The van der Waals surface area contributed by atoms with Gasteiger partial charge in [0.25, 0.3) is 0 Å². The lowest BCUT2D eigenvalue weighted by Gasteiger charge is -2.17. The monoisotopic (exact) mass is 570 g/mol. The molecule has 7 nitrogen and oxygen atoms in total. The van der Waals surface area contributed by atoms with E-state index in [0.717, 1.165) is 21.0 Å². The second-order valence-corrected chi connectivity index (χ2v) is 17.3. The normalized spacial score (nSPS) is 12.3. The number of halogens is 1. The molecule has 0 aliphatic carbocycles. The Morgan fingerprint density at radius 3 is 2.48 bits per heavy atom. The van der Waals surface area contributed by atoms with Crippen LogP contribution in [0.25, 0.3) is 22.6 Å². The highest BCUT2D eigenvalue weighted by molar-refractivity contribution is 14.1. The number of sulfone groups is 1. The Morgan fingerprint density at radius 1 is 1.19 bits per heavy atom. The summed E-state index contributed by atoms with van der Waals surface area (Å²) in [7, 11) is -4.59. The molecule has 3 heterocycles. The number of imidazole rings is 1. The maximum Gasteiger partial charge on any atom is 0.177 e. The van der Waals surface area contributed by atoms with Gasteiger partial charge in [0.1, 0.15) is 16.1 Å². The van der Waals surface area contributed by atoms with Gasteiger partial charge in [-0.25, -0.2) is 13.4 Å². The molecule has 0 aromatic carbocycles. The number of hydrogen-bond donors (Lipinski definition) is 0. The molecule has 0 atom stereocenters. The predicted molar refractivity (Wildman–Crippen MR) is 133 cm³/mol. The number of aryl methyl sites for hydroxylation is 1. The minimum absolute atomic E-state index is 0.166. The molecule has 0 spiro atoms. The van der Waals surface area contributed by atoms with Gasteiger partial charge in [0.05, 0.1) is 10.6 Å².